The highest BCUT2D eigenvalue weighted by Gasteiger charge is 1.89. The zero-order valence-electron chi connectivity index (χ0n) is 17.5. The fraction of sp³-hybridized carbons (Fsp3) is 0.0714. The van der Waals surface area contributed by atoms with Crippen molar-refractivity contribution in [2.75, 3.05) is 18.1 Å². The van der Waals surface area contributed by atoms with E-state index in [9.17, 15) is 0 Å². The Morgan fingerprint density at radius 2 is 0.967 bits per heavy atom. The van der Waals surface area contributed by atoms with Gasteiger partial charge in [0.2, 0.25) is 0 Å². The number of aryl methyl sites for hydroxylation is 1. The molecule has 30 heavy (non-hydrogen) atoms. The largest absolute Gasteiger partial charge is 0.399 e. The maximum absolute atomic E-state index is 5.45. The fourth-order valence-corrected chi connectivity index (χ4v) is 3.09. The summed E-state index contributed by atoms with van der Waals surface area (Å²) in [4.78, 5) is 0. The summed E-state index contributed by atoms with van der Waals surface area (Å²) in [6, 6.07) is 39.2. The van der Waals surface area contributed by atoms with Crippen LogP contribution in [-0.4, -0.2) is 7.05 Å². The third-order valence-electron chi connectivity index (χ3n) is 4.76. The van der Waals surface area contributed by atoms with E-state index < -0.39 is 0 Å². The molecule has 2 nitrogen and oxygen atoms in total. The van der Waals surface area contributed by atoms with Crippen LogP contribution in [0.2, 0.25) is 0 Å². The molecule has 0 fully saturated rings. The number of hydrogen-bond donors (Lipinski definition) is 2. The van der Waals surface area contributed by atoms with Crippen molar-refractivity contribution < 1.29 is 0 Å². The minimum Gasteiger partial charge on any atom is -0.399 e. The number of rotatable bonds is 1. The lowest BCUT2D eigenvalue weighted by molar-refractivity contribution is 1.51. The molecule has 0 aliphatic carbocycles. The fourth-order valence-electron chi connectivity index (χ4n) is 3.09. The predicted molar refractivity (Wildman–Crippen MR) is 133 cm³/mol. The van der Waals surface area contributed by atoms with Gasteiger partial charge >= 0.3 is 0 Å². The van der Waals surface area contributed by atoms with E-state index in [1.165, 1.54) is 27.1 Å². The summed E-state index contributed by atoms with van der Waals surface area (Å²) in [5.41, 5.74) is 8.66. The molecule has 2 heteroatoms. The van der Waals surface area contributed by atoms with Crippen LogP contribution in [0.4, 0.5) is 11.4 Å². The maximum Gasteiger partial charge on any atom is 0.0339 e. The SMILES string of the molecule is CNc1ccc(N)cc1.Cc1ccc2ccccc2c1.c1ccc2ccccc2c1. The van der Waals surface area contributed by atoms with Crippen LogP contribution >= 0.6 is 0 Å². The molecule has 150 valence electrons. The smallest absolute Gasteiger partial charge is 0.0339 e. The maximum atomic E-state index is 5.45. The predicted octanol–water partition coefficient (Wildman–Crippen LogP) is 7.30. The van der Waals surface area contributed by atoms with Crippen LogP contribution in [-0.2, 0) is 0 Å². The monoisotopic (exact) mass is 392 g/mol. The van der Waals surface area contributed by atoms with Gasteiger partial charge in [0.25, 0.3) is 0 Å². The summed E-state index contributed by atoms with van der Waals surface area (Å²) in [5.74, 6) is 0. The second kappa shape index (κ2) is 10.7. The zero-order valence-corrected chi connectivity index (χ0v) is 17.5. The van der Waals surface area contributed by atoms with Crippen molar-refractivity contribution in [1.29, 1.82) is 0 Å². The number of benzene rings is 5. The summed E-state index contributed by atoms with van der Waals surface area (Å²) >= 11 is 0. The average Bonchev–Trinajstić information content (AvgIpc) is 2.80. The number of nitrogen functional groups attached to an aromatic ring is 1. The molecule has 0 radical (unpaired) electrons. The Balaban J connectivity index is 0.000000129. The van der Waals surface area contributed by atoms with Gasteiger partial charge in [0, 0.05) is 18.4 Å². The molecule has 0 bridgehead atoms. The summed E-state index contributed by atoms with van der Waals surface area (Å²) in [6.45, 7) is 2.12. The molecule has 0 amide bonds. The normalized spacial score (nSPS) is 9.80. The van der Waals surface area contributed by atoms with Crippen molar-refractivity contribution >= 4 is 32.9 Å². The lowest BCUT2D eigenvalue weighted by atomic mass is 10.1. The van der Waals surface area contributed by atoms with E-state index in [0.717, 1.165) is 11.4 Å². The van der Waals surface area contributed by atoms with E-state index in [2.05, 4.69) is 103 Å². The van der Waals surface area contributed by atoms with Crippen molar-refractivity contribution in [3.63, 3.8) is 0 Å². The first kappa shape index (κ1) is 20.9. The summed E-state index contributed by atoms with van der Waals surface area (Å²) in [5, 5.41) is 8.26. The molecular weight excluding hydrogens is 364 g/mol. The zero-order chi connectivity index (χ0) is 21.2. The van der Waals surface area contributed by atoms with Crippen molar-refractivity contribution in [2.45, 2.75) is 6.92 Å². The second-order valence-electron chi connectivity index (χ2n) is 7.07. The van der Waals surface area contributed by atoms with Crippen LogP contribution < -0.4 is 11.1 Å². The van der Waals surface area contributed by atoms with Crippen molar-refractivity contribution in [3.05, 3.63) is 121 Å². The standard InChI is InChI=1S/C11H10.C10H8.C7H10N2/c1-9-6-7-10-4-2-3-5-11(10)8-9;1-2-6-10-8-4-3-7-9(10)5-1;1-9-7-4-2-6(8)3-5-7/h2-8H,1H3;1-8H;2-5,9H,8H2,1H3. The molecular formula is C28H28N2. The molecule has 0 saturated heterocycles. The van der Waals surface area contributed by atoms with Gasteiger partial charge in [0.15, 0.2) is 0 Å². The molecule has 0 aliphatic heterocycles. The Morgan fingerprint density at radius 1 is 0.533 bits per heavy atom. The van der Waals surface area contributed by atoms with Crippen LogP contribution in [0.15, 0.2) is 115 Å². The van der Waals surface area contributed by atoms with Gasteiger partial charge in [-0.3, -0.25) is 0 Å². The molecule has 5 aromatic carbocycles. The van der Waals surface area contributed by atoms with Gasteiger partial charge in [-0.15, -0.1) is 0 Å². The Labute approximate surface area is 179 Å². The molecule has 0 atom stereocenters. The first-order valence-electron chi connectivity index (χ1n) is 10.1. The number of fused-ring (bicyclic) bond motifs is 2. The van der Waals surface area contributed by atoms with Gasteiger partial charge in [-0.25, -0.2) is 0 Å². The molecule has 0 heterocycles. The highest BCUT2D eigenvalue weighted by Crippen LogP contribution is 2.14. The quantitative estimate of drug-likeness (QED) is 0.294. The topological polar surface area (TPSA) is 38.0 Å². The Hall–Kier alpha value is -3.78. The van der Waals surface area contributed by atoms with E-state index in [0.29, 0.717) is 0 Å². The molecule has 3 N–H and O–H groups in total. The minimum atomic E-state index is 0.800. The molecule has 0 aromatic heterocycles. The third kappa shape index (κ3) is 6.11. The molecule has 0 spiro atoms. The van der Waals surface area contributed by atoms with Gasteiger partial charge in [0.1, 0.15) is 0 Å². The Bertz CT molecular complexity index is 1130. The van der Waals surface area contributed by atoms with Crippen LogP contribution in [0, 0.1) is 6.92 Å². The van der Waals surface area contributed by atoms with Gasteiger partial charge in [-0.1, -0.05) is 96.6 Å². The molecule has 0 aliphatic rings. The van der Waals surface area contributed by atoms with Crippen LogP contribution in [0.1, 0.15) is 5.56 Å². The van der Waals surface area contributed by atoms with Crippen LogP contribution in [0.3, 0.4) is 0 Å². The lowest BCUT2D eigenvalue weighted by Crippen LogP contribution is -1.88. The first-order chi connectivity index (χ1) is 14.7. The van der Waals surface area contributed by atoms with Gasteiger partial charge in [0.05, 0.1) is 0 Å². The van der Waals surface area contributed by atoms with E-state index in [4.69, 9.17) is 5.73 Å². The Kier molecular flexibility index (Phi) is 7.45. The van der Waals surface area contributed by atoms with Crippen LogP contribution in [0.5, 0.6) is 0 Å². The van der Waals surface area contributed by atoms with Crippen molar-refractivity contribution in [2.24, 2.45) is 0 Å². The second-order valence-corrected chi connectivity index (χ2v) is 7.07. The van der Waals surface area contributed by atoms with Crippen molar-refractivity contribution in [3.8, 4) is 0 Å². The number of nitrogens with two attached hydrogens (primary N) is 1. The molecule has 0 unspecified atom stereocenters. The average molecular weight is 393 g/mol. The van der Waals surface area contributed by atoms with Crippen molar-refractivity contribution in [1.82, 2.24) is 0 Å². The number of nitrogens with one attached hydrogen (secondary N) is 1. The third-order valence-corrected chi connectivity index (χ3v) is 4.76. The summed E-state index contributed by atoms with van der Waals surface area (Å²) in [6.07, 6.45) is 0. The molecule has 5 rings (SSSR count). The number of hydrogen-bond acceptors (Lipinski definition) is 2. The summed E-state index contributed by atoms with van der Waals surface area (Å²) in [7, 11) is 1.88. The van der Waals surface area contributed by atoms with E-state index >= 15 is 0 Å². The lowest BCUT2D eigenvalue weighted by Gasteiger charge is -1.97. The van der Waals surface area contributed by atoms with Gasteiger partial charge < -0.3 is 11.1 Å². The summed E-state index contributed by atoms with van der Waals surface area (Å²) < 4.78 is 0. The van der Waals surface area contributed by atoms with E-state index in [1.807, 2.05) is 31.3 Å². The number of anilines is 2. The highest BCUT2D eigenvalue weighted by atomic mass is 14.8. The molecule has 0 saturated carbocycles. The van der Waals surface area contributed by atoms with E-state index in [-0.39, 0.29) is 0 Å². The highest BCUT2D eigenvalue weighted by molar-refractivity contribution is 5.83. The van der Waals surface area contributed by atoms with E-state index in [1.54, 1.807) is 0 Å². The van der Waals surface area contributed by atoms with Crippen LogP contribution in [0.25, 0.3) is 21.5 Å². The van der Waals surface area contributed by atoms with Gasteiger partial charge in [-0.2, -0.15) is 0 Å². The first-order valence-corrected chi connectivity index (χ1v) is 10.1. The molecule has 5 aromatic rings. The minimum absolute atomic E-state index is 0.800. The Morgan fingerprint density at radius 3 is 1.43 bits per heavy atom. The van der Waals surface area contributed by atoms with Gasteiger partial charge in [-0.05, 0) is 52.7 Å².